The Morgan fingerprint density at radius 3 is 2.69 bits per heavy atom. The zero-order chi connectivity index (χ0) is 25.6. The Morgan fingerprint density at radius 1 is 1.20 bits per heavy atom. The number of nitrogens with zero attached hydrogens (tertiary/aromatic N) is 2. The van der Waals surface area contributed by atoms with Gasteiger partial charge in [-0.05, 0) is 35.7 Å². The molecule has 0 aliphatic carbocycles. The molecule has 0 aliphatic rings. The molecule has 2 aromatic heterocycles. The average molecular weight is 528 g/mol. The topological polar surface area (TPSA) is 102 Å². The van der Waals surface area contributed by atoms with Gasteiger partial charge in [-0.3, -0.25) is 10.0 Å². The highest BCUT2D eigenvalue weighted by molar-refractivity contribution is 6.31. The van der Waals surface area contributed by atoms with Gasteiger partial charge in [-0.2, -0.15) is 8.78 Å². The molecule has 0 saturated heterocycles. The van der Waals surface area contributed by atoms with Crippen LogP contribution < -0.4 is 15.4 Å². The van der Waals surface area contributed by atoms with E-state index < -0.39 is 42.1 Å². The molecule has 0 fully saturated rings. The van der Waals surface area contributed by atoms with Crippen LogP contribution in [0.5, 0.6) is 0 Å². The quantitative estimate of drug-likeness (QED) is 0.262. The number of carbonyl (C=O) groups is 1. The molecule has 3 aromatic rings. The van der Waals surface area contributed by atoms with Crippen molar-refractivity contribution in [3.05, 3.63) is 92.8 Å². The molecule has 7 nitrogen and oxygen atoms in total. The van der Waals surface area contributed by atoms with Gasteiger partial charge in [0.1, 0.15) is 0 Å². The van der Waals surface area contributed by atoms with Gasteiger partial charge < -0.3 is 16.4 Å². The van der Waals surface area contributed by atoms with E-state index in [9.17, 15) is 18.8 Å². The van der Waals surface area contributed by atoms with E-state index in [1.165, 1.54) is 12.1 Å². The van der Waals surface area contributed by atoms with E-state index in [1.807, 2.05) is 0 Å². The van der Waals surface area contributed by atoms with E-state index in [1.54, 1.807) is 18.2 Å². The van der Waals surface area contributed by atoms with Gasteiger partial charge in [-0.25, -0.2) is 9.37 Å². The van der Waals surface area contributed by atoms with Crippen molar-refractivity contribution in [3.8, 4) is 0 Å². The van der Waals surface area contributed by atoms with Crippen LogP contribution in [-0.4, -0.2) is 29.2 Å². The molecule has 3 rings (SSSR count). The van der Waals surface area contributed by atoms with Crippen molar-refractivity contribution in [2.24, 2.45) is 0 Å². The lowest BCUT2D eigenvalue weighted by atomic mass is 10.0. The lowest BCUT2D eigenvalue weighted by Gasteiger charge is -2.16. The lowest BCUT2D eigenvalue weighted by Crippen LogP contribution is -2.43. The summed E-state index contributed by atoms with van der Waals surface area (Å²) in [4.78, 5) is 16.2. The van der Waals surface area contributed by atoms with Crippen molar-refractivity contribution in [1.29, 1.82) is 0 Å². The van der Waals surface area contributed by atoms with Gasteiger partial charge in [-0.15, -0.1) is 6.54 Å². The summed E-state index contributed by atoms with van der Waals surface area (Å²) in [5.74, 6) is -5.67. The number of aromatic nitrogens is 2. The predicted molar refractivity (Wildman–Crippen MR) is 125 cm³/mol. The molecule has 0 spiro atoms. The maximum Gasteiger partial charge on any atom is 0.351 e. The molecule has 1 aromatic carbocycles. The summed E-state index contributed by atoms with van der Waals surface area (Å²) < 4.78 is 44.3. The van der Waals surface area contributed by atoms with Gasteiger partial charge in [-0.1, -0.05) is 29.3 Å². The van der Waals surface area contributed by atoms with Crippen molar-refractivity contribution >= 4 is 34.9 Å². The smallest absolute Gasteiger partial charge is 0.351 e. The second-order valence-electron chi connectivity index (χ2n) is 7.60. The number of pyridine rings is 2. The summed E-state index contributed by atoms with van der Waals surface area (Å²) in [6.07, 6.45) is 2.13. The molecule has 0 unspecified atom stereocenters. The van der Waals surface area contributed by atoms with E-state index in [0.717, 1.165) is 29.6 Å². The van der Waals surface area contributed by atoms with E-state index in [2.05, 4.69) is 15.6 Å². The van der Waals surface area contributed by atoms with E-state index in [4.69, 9.17) is 28.9 Å². The largest absolute Gasteiger partial charge is 0.677 e. The molecule has 12 heteroatoms. The highest BCUT2D eigenvalue weighted by Gasteiger charge is 2.41. The minimum Gasteiger partial charge on any atom is -0.677 e. The molecule has 0 bridgehead atoms. The monoisotopic (exact) mass is 527 g/mol. The van der Waals surface area contributed by atoms with Gasteiger partial charge >= 0.3 is 11.6 Å². The van der Waals surface area contributed by atoms with Gasteiger partial charge in [0.15, 0.2) is 11.6 Å². The Labute approximate surface area is 209 Å². The molecule has 0 atom stereocenters. The zero-order valence-corrected chi connectivity index (χ0v) is 19.8. The Kier molecular flexibility index (Phi) is 8.76. The molecule has 35 heavy (non-hydrogen) atoms. The third kappa shape index (κ3) is 6.74. The minimum atomic E-state index is -3.56. The fourth-order valence-electron chi connectivity index (χ4n) is 3.35. The summed E-state index contributed by atoms with van der Waals surface area (Å²) in [5.41, 5.74) is 8.08. The van der Waals surface area contributed by atoms with Crippen molar-refractivity contribution in [2.75, 3.05) is 18.4 Å². The van der Waals surface area contributed by atoms with Gasteiger partial charge in [0, 0.05) is 40.2 Å². The summed E-state index contributed by atoms with van der Waals surface area (Å²) in [5, 5.41) is 14.8. The minimum absolute atomic E-state index is 0.106. The number of carbonyl (C=O) groups excluding carboxylic acids is 1. The van der Waals surface area contributed by atoms with Crippen LogP contribution in [0.25, 0.3) is 5.73 Å². The Bertz CT molecular complexity index is 1210. The third-order valence-corrected chi connectivity index (χ3v) is 5.70. The summed E-state index contributed by atoms with van der Waals surface area (Å²) in [7, 11) is 0. The Balaban J connectivity index is 1.69. The number of rotatable bonds is 10. The number of anilines is 1. The second-order valence-corrected chi connectivity index (χ2v) is 8.45. The van der Waals surface area contributed by atoms with Crippen molar-refractivity contribution in [3.63, 3.8) is 0 Å². The van der Waals surface area contributed by atoms with E-state index >= 15 is 4.39 Å². The van der Waals surface area contributed by atoms with Crippen LogP contribution in [0.1, 0.15) is 22.4 Å². The maximum absolute atomic E-state index is 15.0. The SMILES string of the molecule is [NH-]CCc1ccc(Cl)cc1CNC(=O)Cc1c(Cl)cnc(NCC(F)(F)c2cccc[n+]2O)c1F. The van der Waals surface area contributed by atoms with Gasteiger partial charge in [0.2, 0.25) is 12.1 Å². The Morgan fingerprint density at radius 2 is 1.97 bits per heavy atom. The predicted octanol–water partition coefficient (Wildman–Crippen LogP) is 4.71. The molecule has 186 valence electrons. The van der Waals surface area contributed by atoms with Crippen molar-refractivity contribution < 1.29 is 27.9 Å². The zero-order valence-electron chi connectivity index (χ0n) is 18.3. The average Bonchev–Trinajstić information content (AvgIpc) is 2.81. The van der Waals surface area contributed by atoms with Crippen molar-refractivity contribution in [2.45, 2.75) is 25.3 Å². The molecule has 1 amide bonds. The number of alkyl halides is 2. The fraction of sp³-hybridized carbons (Fsp3) is 0.261. The molecular formula is C23H22Cl2F3N5O2. The van der Waals surface area contributed by atoms with Crippen LogP contribution in [0.2, 0.25) is 10.0 Å². The highest BCUT2D eigenvalue weighted by atomic mass is 35.5. The van der Waals surface area contributed by atoms with Crippen LogP contribution in [0.4, 0.5) is 19.0 Å². The first-order valence-electron chi connectivity index (χ1n) is 10.5. The molecular weight excluding hydrogens is 506 g/mol. The number of nitrogens with one attached hydrogen (secondary N) is 3. The second kappa shape index (κ2) is 11.6. The van der Waals surface area contributed by atoms with Crippen LogP contribution in [-0.2, 0) is 30.1 Å². The first-order valence-corrected chi connectivity index (χ1v) is 11.2. The van der Waals surface area contributed by atoms with Gasteiger partial charge in [0.05, 0.1) is 18.0 Å². The van der Waals surface area contributed by atoms with Gasteiger partial charge in [0.25, 0.3) is 0 Å². The molecule has 4 N–H and O–H groups in total. The first-order chi connectivity index (χ1) is 16.6. The summed E-state index contributed by atoms with van der Waals surface area (Å²) in [6.45, 7) is -0.797. The summed E-state index contributed by atoms with van der Waals surface area (Å²) in [6, 6.07) is 8.87. The number of benzene rings is 1. The maximum atomic E-state index is 15.0. The lowest BCUT2D eigenvalue weighted by molar-refractivity contribution is -0.913. The number of hydrogen-bond donors (Lipinski definition) is 3. The third-order valence-electron chi connectivity index (χ3n) is 5.14. The van der Waals surface area contributed by atoms with Crippen LogP contribution in [0.3, 0.4) is 0 Å². The van der Waals surface area contributed by atoms with Crippen LogP contribution in [0, 0.1) is 5.82 Å². The number of halogens is 5. The molecule has 0 radical (unpaired) electrons. The number of amides is 1. The summed E-state index contributed by atoms with van der Waals surface area (Å²) >= 11 is 12.0. The van der Waals surface area contributed by atoms with Crippen LogP contribution in [0.15, 0.2) is 48.8 Å². The molecule has 0 aliphatic heterocycles. The Hall–Kier alpha value is -3.08. The first kappa shape index (κ1) is 26.5. The van der Waals surface area contributed by atoms with Crippen molar-refractivity contribution in [1.82, 2.24) is 10.3 Å². The fourth-order valence-corrected chi connectivity index (χ4v) is 3.75. The number of hydrogen-bond acceptors (Lipinski definition) is 4. The highest BCUT2D eigenvalue weighted by Crippen LogP contribution is 2.28. The molecule has 2 heterocycles. The normalized spacial score (nSPS) is 11.4. The van der Waals surface area contributed by atoms with E-state index in [0.29, 0.717) is 11.4 Å². The standard InChI is InChI=1S/C23H22Cl2F3N5O2/c24-16-5-4-14(6-7-29)15(9-16)11-30-20(34)10-17-18(25)12-31-22(21(17)26)32-13-23(27,28)19-3-1-2-8-33(19)35/h1-5,8-9,12,29,35H,6-7,10-11,13H2,(H,30,34)(H,31,32). The van der Waals surface area contributed by atoms with Crippen LogP contribution >= 0.6 is 23.2 Å². The molecule has 0 saturated carbocycles. The van der Waals surface area contributed by atoms with E-state index in [-0.39, 0.29) is 28.4 Å².